The monoisotopic (exact) mass is 279 g/mol. The summed E-state index contributed by atoms with van der Waals surface area (Å²) in [5, 5.41) is 4.65. The number of rotatable bonds is 8. The summed E-state index contributed by atoms with van der Waals surface area (Å²) >= 11 is 1.88. The molecule has 0 bridgehead atoms. The first kappa shape index (κ1) is 14.4. The summed E-state index contributed by atoms with van der Waals surface area (Å²) in [7, 11) is 1.74. The van der Waals surface area contributed by atoms with Crippen molar-refractivity contribution in [1.82, 2.24) is 5.32 Å². The number of benzene rings is 1. The van der Waals surface area contributed by atoms with E-state index in [9.17, 15) is 0 Å². The van der Waals surface area contributed by atoms with Gasteiger partial charge in [-0.2, -0.15) is 11.8 Å². The average molecular weight is 279 g/mol. The Kier molecular flexibility index (Phi) is 5.76. The molecule has 1 atom stereocenters. The normalized spacial score (nSPS) is 12.9. The number of nitrogens with one attached hydrogen (secondary N) is 1. The Morgan fingerprint density at radius 3 is 2.95 bits per heavy atom. The maximum absolute atomic E-state index is 5.93. The van der Waals surface area contributed by atoms with Crippen LogP contribution in [0, 0.1) is 0 Å². The van der Waals surface area contributed by atoms with Crippen molar-refractivity contribution >= 4 is 22.7 Å². The summed E-state index contributed by atoms with van der Waals surface area (Å²) in [6.07, 6.45) is 0. The molecule has 1 aromatic carbocycles. The van der Waals surface area contributed by atoms with Gasteiger partial charge >= 0.3 is 0 Å². The van der Waals surface area contributed by atoms with Crippen molar-refractivity contribution in [3.63, 3.8) is 0 Å². The molecule has 1 aromatic heterocycles. The maximum Gasteiger partial charge on any atom is 0.134 e. The Labute approximate surface area is 118 Å². The smallest absolute Gasteiger partial charge is 0.134 e. The molecule has 2 rings (SSSR count). The minimum atomic E-state index is 0.263. The zero-order valence-electron chi connectivity index (χ0n) is 11.5. The standard InChI is InChI=1S/C15H21NO2S/c1-3-16-13(11-19-9-8-17-2)15-10-12-6-4-5-7-14(12)18-15/h4-7,10,13,16H,3,8-9,11H2,1-2H3. The molecule has 0 saturated heterocycles. The molecule has 0 spiro atoms. The number of fused-ring (bicyclic) bond motifs is 1. The molecular weight excluding hydrogens is 258 g/mol. The first-order valence-electron chi connectivity index (χ1n) is 6.63. The van der Waals surface area contributed by atoms with Crippen LogP contribution in [0.4, 0.5) is 0 Å². The Morgan fingerprint density at radius 1 is 1.37 bits per heavy atom. The molecule has 2 aromatic rings. The zero-order chi connectivity index (χ0) is 13.5. The average Bonchev–Trinajstić information content (AvgIpc) is 2.86. The molecule has 0 amide bonds. The highest BCUT2D eigenvalue weighted by atomic mass is 32.2. The third-order valence-corrected chi connectivity index (χ3v) is 3.98. The van der Waals surface area contributed by atoms with Gasteiger partial charge in [-0.25, -0.2) is 0 Å². The molecule has 3 nitrogen and oxygen atoms in total. The second-order valence-electron chi connectivity index (χ2n) is 4.36. The highest BCUT2D eigenvalue weighted by molar-refractivity contribution is 7.99. The van der Waals surface area contributed by atoms with E-state index in [1.807, 2.05) is 30.0 Å². The van der Waals surface area contributed by atoms with Crippen LogP contribution in [-0.4, -0.2) is 31.8 Å². The van der Waals surface area contributed by atoms with Crippen molar-refractivity contribution in [2.45, 2.75) is 13.0 Å². The van der Waals surface area contributed by atoms with E-state index < -0.39 is 0 Å². The molecule has 4 heteroatoms. The Morgan fingerprint density at radius 2 is 2.21 bits per heavy atom. The fourth-order valence-electron chi connectivity index (χ4n) is 2.01. The Balaban J connectivity index is 2.04. The molecule has 1 heterocycles. The van der Waals surface area contributed by atoms with Crippen molar-refractivity contribution < 1.29 is 9.15 Å². The molecule has 1 N–H and O–H groups in total. The van der Waals surface area contributed by atoms with Crippen molar-refractivity contribution in [2.75, 3.05) is 31.8 Å². The predicted molar refractivity (Wildman–Crippen MR) is 81.8 cm³/mol. The number of ether oxygens (including phenoxy) is 1. The summed E-state index contributed by atoms with van der Waals surface area (Å²) < 4.78 is 11.0. The first-order chi connectivity index (χ1) is 9.35. The van der Waals surface area contributed by atoms with Crippen molar-refractivity contribution in [2.24, 2.45) is 0 Å². The third kappa shape index (κ3) is 4.00. The lowest BCUT2D eigenvalue weighted by atomic mass is 10.2. The lowest BCUT2D eigenvalue weighted by molar-refractivity contribution is 0.218. The summed E-state index contributed by atoms with van der Waals surface area (Å²) in [6, 6.07) is 10.5. The Bertz CT molecular complexity index is 465. The van der Waals surface area contributed by atoms with Crippen molar-refractivity contribution in [3.8, 4) is 0 Å². The highest BCUT2D eigenvalue weighted by Crippen LogP contribution is 2.26. The van der Waals surface area contributed by atoms with Crippen LogP contribution in [0.5, 0.6) is 0 Å². The molecule has 0 fully saturated rings. The van der Waals surface area contributed by atoms with Crippen LogP contribution in [0.2, 0.25) is 0 Å². The largest absolute Gasteiger partial charge is 0.459 e. The van der Waals surface area contributed by atoms with Gasteiger partial charge in [0.2, 0.25) is 0 Å². The van der Waals surface area contributed by atoms with E-state index in [0.29, 0.717) is 0 Å². The molecule has 104 valence electrons. The lowest BCUT2D eigenvalue weighted by Gasteiger charge is -2.14. The summed E-state index contributed by atoms with van der Waals surface area (Å²) in [4.78, 5) is 0. The second kappa shape index (κ2) is 7.58. The topological polar surface area (TPSA) is 34.4 Å². The van der Waals surface area contributed by atoms with E-state index >= 15 is 0 Å². The van der Waals surface area contributed by atoms with Crippen LogP contribution in [0.1, 0.15) is 18.7 Å². The maximum atomic E-state index is 5.93. The van der Waals surface area contributed by atoms with E-state index in [-0.39, 0.29) is 6.04 Å². The van der Waals surface area contributed by atoms with Crippen LogP contribution in [0.15, 0.2) is 34.7 Å². The van der Waals surface area contributed by atoms with E-state index in [0.717, 1.165) is 36.0 Å². The van der Waals surface area contributed by atoms with Gasteiger partial charge in [0.1, 0.15) is 11.3 Å². The molecule has 0 aliphatic carbocycles. The SMILES string of the molecule is CCNC(CSCCOC)c1cc2ccccc2o1. The zero-order valence-corrected chi connectivity index (χ0v) is 12.3. The van der Waals surface area contributed by atoms with E-state index in [1.165, 1.54) is 5.39 Å². The van der Waals surface area contributed by atoms with Gasteiger partial charge in [0, 0.05) is 24.0 Å². The predicted octanol–water partition coefficient (Wildman–Crippen LogP) is 3.46. The molecule has 0 aliphatic heterocycles. The molecule has 1 unspecified atom stereocenters. The van der Waals surface area contributed by atoms with Crippen molar-refractivity contribution in [1.29, 1.82) is 0 Å². The number of methoxy groups -OCH3 is 1. The minimum Gasteiger partial charge on any atom is -0.459 e. The molecule has 0 aliphatic rings. The van der Waals surface area contributed by atoms with Gasteiger partial charge in [-0.05, 0) is 18.7 Å². The van der Waals surface area contributed by atoms with Gasteiger partial charge in [0.15, 0.2) is 0 Å². The quantitative estimate of drug-likeness (QED) is 0.750. The number of thioether (sulfide) groups is 1. The molecule has 0 saturated carbocycles. The van der Waals surface area contributed by atoms with Gasteiger partial charge in [-0.3, -0.25) is 0 Å². The van der Waals surface area contributed by atoms with Crippen LogP contribution in [-0.2, 0) is 4.74 Å². The summed E-state index contributed by atoms with van der Waals surface area (Å²) in [5.74, 6) is 3.03. The Hall–Kier alpha value is -0.970. The molecule has 19 heavy (non-hydrogen) atoms. The molecule has 0 radical (unpaired) electrons. The fourth-order valence-corrected chi connectivity index (χ4v) is 2.97. The molecular formula is C15H21NO2S. The van der Waals surface area contributed by atoms with Crippen LogP contribution in [0.3, 0.4) is 0 Å². The fraction of sp³-hybridized carbons (Fsp3) is 0.467. The first-order valence-corrected chi connectivity index (χ1v) is 7.79. The van der Waals surface area contributed by atoms with E-state index in [1.54, 1.807) is 7.11 Å². The van der Waals surface area contributed by atoms with E-state index in [2.05, 4.69) is 24.4 Å². The minimum absolute atomic E-state index is 0.263. The van der Waals surface area contributed by atoms with Gasteiger partial charge in [-0.15, -0.1) is 0 Å². The van der Waals surface area contributed by atoms with Gasteiger partial charge in [0.25, 0.3) is 0 Å². The lowest BCUT2D eigenvalue weighted by Crippen LogP contribution is -2.22. The van der Waals surface area contributed by atoms with E-state index in [4.69, 9.17) is 9.15 Å². The van der Waals surface area contributed by atoms with Gasteiger partial charge in [0.05, 0.1) is 12.6 Å². The van der Waals surface area contributed by atoms with Gasteiger partial charge in [-0.1, -0.05) is 25.1 Å². The number of furan rings is 1. The highest BCUT2D eigenvalue weighted by Gasteiger charge is 2.15. The van der Waals surface area contributed by atoms with Crippen LogP contribution < -0.4 is 5.32 Å². The summed E-state index contributed by atoms with van der Waals surface area (Å²) in [6.45, 7) is 3.85. The summed E-state index contributed by atoms with van der Waals surface area (Å²) in [5.41, 5.74) is 0.960. The number of hydrogen-bond acceptors (Lipinski definition) is 4. The third-order valence-electron chi connectivity index (χ3n) is 2.95. The second-order valence-corrected chi connectivity index (χ2v) is 5.51. The number of hydrogen-bond donors (Lipinski definition) is 1. The van der Waals surface area contributed by atoms with Crippen molar-refractivity contribution in [3.05, 3.63) is 36.1 Å². The number of para-hydroxylation sites is 1. The van der Waals surface area contributed by atoms with Crippen LogP contribution in [0.25, 0.3) is 11.0 Å². The van der Waals surface area contributed by atoms with Crippen LogP contribution >= 0.6 is 11.8 Å². The van der Waals surface area contributed by atoms with Gasteiger partial charge < -0.3 is 14.5 Å².